The molecule has 0 radical (unpaired) electrons. The number of carbonyl (C=O) groups is 1. The highest BCUT2D eigenvalue weighted by atomic mass is 16.2. The van der Waals surface area contributed by atoms with E-state index < -0.39 is 11.5 Å². The molecular formula is C24H27N5O2. The maximum atomic E-state index is 12.6. The van der Waals surface area contributed by atoms with Gasteiger partial charge in [-0.2, -0.15) is 0 Å². The molecule has 0 spiro atoms. The third kappa shape index (κ3) is 4.60. The first-order valence-electron chi connectivity index (χ1n) is 10.5. The molecule has 7 nitrogen and oxygen atoms in total. The van der Waals surface area contributed by atoms with E-state index in [9.17, 15) is 9.59 Å². The number of benzene rings is 2. The van der Waals surface area contributed by atoms with Gasteiger partial charge in [0.25, 0.3) is 11.5 Å². The van der Waals surface area contributed by atoms with Gasteiger partial charge in [-0.15, -0.1) is 0 Å². The molecule has 1 fully saturated rings. The summed E-state index contributed by atoms with van der Waals surface area (Å²) in [6.45, 7) is 7.17. The molecule has 2 aromatic carbocycles. The molecule has 1 saturated heterocycles. The third-order valence-electron chi connectivity index (χ3n) is 5.71. The summed E-state index contributed by atoms with van der Waals surface area (Å²) in [6.07, 6.45) is 1.37. The van der Waals surface area contributed by atoms with E-state index in [1.165, 1.54) is 17.4 Å². The van der Waals surface area contributed by atoms with Crippen LogP contribution in [0.2, 0.25) is 0 Å². The molecule has 1 atom stereocenters. The second kappa shape index (κ2) is 9.04. The number of aromatic amines is 1. The van der Waals surface area contributed by atoms with Crippen LogP contribution in [0.1, 0.15) is 34.5 Å². The average Bonchev–Trinajstić information content (AvgIpc) is 2.80. The van der Waals surface area contributed by atoms with Crippen molar-refractivity contribution in [1.82, 2.24) is 15.3 Å². The first-order valence-corrected chi connectivity index (χ1v) is 10.5. The summed E-state index contributed by atoms with van der Waals surface area (Å²) in [4.78, 5) is 36.7. The monoisotopic (exact) mass is 417 g/mol. The van der Waals surface area contributed by atoms with E-state index in [0.717, 1.165) is 31.7 Å². The smallest absolute Gasteiger partial charge is 0.265 e. The Labute approximate surface area is 181 Å². The Hall–Kier alpha value is -3.61. The highest BCUT2D eigenvalue weighted by Crippen LogP contribution is 2.21. The van der Waals surface area contributed by atoms with E-state index in [-0.39, 0.29) is 11.6 Å². The zero-order chi connectivity index (χ0) is 21.8. The minimum atomic E-state index is -0.430. The number of nitrogens with zero attached hydrogens (tertiary/aromatic N) is 3. The molecule has 4 rings (SSSR count). The van der Waals surface area contributed by atoms with E-state index in [1.807, 2.05) is 48.2 Å². The summed E-state index contributed by atoms with van der Waals surface area (Å²) in [7, 11) is 0. The van der Waals surface area contributed by atoms with Gasteiger partial charge in [0.15, 0.2) is 0 Å². The Bertz CT molecular complexity index is 1100. The van der Waals surface area contributed by atoms with Crippen LogP contribution in [0.15, 0.2) is 65.6 Å². The minimum Gasteiger partial charge on any atom is -0.368 e. The quantitative estimate of drug-likeness (QED) is 0.667. The van der Waals surface area contributed by atoms with Crippen LogP contribution in [0.5, 0.6) is 0 Å². The molecule has 1 aliphatic rings. The lowest BCUT2D eigenvalue weighted by Gasteiger charge is -2.37. The second-order valence-electron chi connectivity index (χ2n) is 7.82. The number of carbonyl (C=O) groups excluding carboxylic acids is 1. The van der Waals surface area contributed by atoms with Crippen LogP contribution < -0.4 is 20.7 Å². The van der Waals surface area contributed by atoms with E-state index in [1.54, 1.807) is 0 Å². The minimum absolute atomic E-state index is 0.0186. The fraction of sp³-hybridized carbons (Fsp3) is 0.292. The van der Waals surface area contributed by atoms with Gasteiger partial charge in [0.05, 0.1) is 6.04 Å². The van der Waals surface area contributed by atoms with E-state index in [2.05, 4.69) is 45.3 Å². The van der Waals surface area contributed by atoms with Crippen molar-refractivity contribution < 1.29 is 4.79 Å². The molecule has 160 valence electrons. The Morgan fingerprint density at radius 2 is 1.65 bits per heavy atom. The van der Waals surface area contributed by atoms with Crippen LogP contribution in [0, 0.1) is 6.92 Å². The number of nitrogens with one attached hydrogen (secondary N) is 2. The van der Waals surface area contributed by atoms with E-state index in [0.29, 0.717) is 5.95 Å². The number of aryl methyl sites for hydroxylation is 1. The van der Waals surface area contributed by atoms with Gasteiger partial charge >= 0.3 is 0 Å². The summed E-state index contributed by atoms with van der Waals surface area (Å²) in [5.41, 5.74) is 3.06. The van der Waals surface area contributed by atoms with E-state index in [4.69, 9.17) is 0 Å². The number of hydrogen-bond acceptors (Lipinski definition) is 5. The largest absolute Gasteiger partial charge is 0.368 e. The lowest BCUT2D eigenvalue weighted by Crippen LogP contribution is -2.47. The van der Waals surface area contributed by atoms with Crippen molar-refractivity contribution in [2.45, 2.75) is 19.9 Å². The van der Waals surface area contributed by atoms with Crippen LogP contribution >= 0.6 is 0 Å². The Morgan fingerprint density at radius 3 is 2.32 bits per heavy atom. The molecule has 0 bridgehead atoms. The molecule has 2 heterocycles. The van der Waals surface area contributed by atoms with E-state index >= 15 is 0 Å². The Kier molecular flexibility index (Phi) is 6.02. The molecule has 1 amide bonds. The molecule has 31 heavy (non-hydrogen) atoms. The summed E-state index contributed by atoms with van der Waals surface area (Å²) >= 11 is 0. The van der Waals surface area contributed by atoms with Gasteiger partial charge in [0, 0.05) is 38.1 Å². The van der Waals surface area contributed by atoms with Gasteiger partial charge in [-0.1, -0.05) is 48.5 Å². The summed E-state index contributed by atoms with van der Waals surface area (Å²) in [5.74, 6) is 0.0723. The number of aromatic nitrogens is 2. The topological polar surface area (TPSA) is 81.3 Å². The van der Waals surface area contributed by atoms with Crippen molar-refractivity contribution in [1.29, 1.82) is 0 Å². The average molecular weight is 418 g/mol. The first-order chi connectivity index (χ1) is 15.0. The molecule has 7 heteroatoms. The van der Waals surface area contributed by atoms with Gasteiger partial charge in [0.2, 0.25) is 5.95 Å². The number of piperazine rings is 1. The number of H-pyrrole nitrogens is 1. The number of rotatable bonds is 5. The zero-order valence-electron chi connectivity index (χ0n) is 17.8. The Balaban J connectivity index is 1.40. The van der Waals surface area contributed by atoms with Gasteiger partial charge in [0.1, 0.15) is 5.56 Å². The first kappa shape index (κ1) is 20.7. The molecular weight excluding hydrogens is 390 g/mol. The van der Waals surface area contributed by atoms with Crippen molar-refractivity contribution in [3.05, 3.63) is 87.8 Å². The predicted molar refractivity (Wildman–Crippen MR) is 123 cm³/mol. The molecule has 1 aliphatic heterocycles. The van der Waals surface area contributed by atoms with Crippen molar-refractivity contribution in [3.63, 3.8) is 0 Å². The van der Waals surface area contributed by atoms with Gasteiger partial charge in [-0.25, -0.2) is 4.98 Å². The zero-order valence-corrected chi connectivity index (χ0v) is 17.8. The maximum Gasteiger partial charge on any atom is 0.265 e. The standard InChI is InChI=1S/C24H27N5O2/c1-17-8-6-7-11-21(17)28-12-14-29(15-13-28)24-25-16-20(23(31)27-24)22(30)26-18(2)19-9-4-3-5-10-19/h3-11,16,18H,12-15H2,1-2H3,(H,26,30)(H,25,27,31). The van der Waals surface area contributed by atoms with Crippen LogP contribution in [0.4, 0.5) is 11.6 Å². The lowest BCUT2D eigenvalue weighted by atomic mass is 10.1. The second-order valence-corrected chi connectivity index (χ2v) is 7.82. The molecule has 0 saturated carbocycles. The van der Waals surface area contributed by atoms with Crippen LogP contribution in [0.3, 0.4) is 0 Å². The predicted octanol–water partition coefficient (Wildman–Crippen LogP) is 2.90. The van der Waals surface area contributed by atoms with Crippen molar-refractivity contribution in [2.24, 2.45) is 0 Å². The van der Waals surface area contributed by atoms with Crippen molar-refractivity contribution in [2.75, 3.05) is 36.0 Å². The van der Waals surface area contributed by atoms with Gasteiger partial charge in [-0.3, -0.25) is 14.6 Å². The van der Waals surface area contributed by atoms with Gasteiger partial charge < -0.3 is 15.1 Å². The van der Waals surface area contributed by atoms with Crippen LogP contribution in [-0.2, 0) is 0 Å². The highest BCUT2D eigenvalue weighted by Gasteiger charge is 2.21. The molecule has 3 aromatic rings. The van der Waals surface area contributed by atoms with Crippen molar-refractivity contribution in [3.8, 4) is 0 Å². The Morgan fingerprint density at radius 1 is 1.00 bits per heavy atom. The third-order valence-corrected chi connectivity index (χ3v) is 5.71. The maximum absolute atomic E-state index is 12.6. The molecule has 0 aliphatic carbocycles. The molecule has 1 unspecified atom stereocenters. The fourth-order valence-corrected chi connectivity index (χ4v) is 3.88. The summed E-state index contributed by atoms with van der Waals surface area (Å²) in [5, 5.41) is 2.86. The van der Waals surface area contributed by atoms with Crippen molar-refractivity contribution >= 4 is 17.5 Å². The highest BCUT2D eigenvalue weighted by molar-refractivity contribution is 5.93. The van der Waals surface area contributed by atoms with Crippen LogP contribution in [0.25, 0.3) is 0 Å². The van der Waals surface area contributed by atoms with Gasteiger partial charge in [-0.05, 0) is 31.0 Å². The molecule has 2 N–H and O–H groups in total. The SMILES string of the molecule is Cc1ccccc1N1CCN(c2ncc(C(=O)NC(C)c3ccccc3)c(=O)[nH]2)CC1. The fourth-order valence-electron chi connectivity index (χ4n) is 3.88. The number of para-hydroxylation sites is 1. The summed E-state index contributed by atoms with van der Waals surface area (Å²) < 4.78 is 0. The van der Waals surface area contributed by atoms with Crippen LogP contribution in [-0.4, -0.2) is 42.1 Å². The summed E-state index contributed by atoms with van der Waals surface area (Å²) in [6, 6.07) is 17.8. The number of anilines is 2. The number of amides is 1. The normalized spacial score (nSPS) is 14.9. The molecule has 1 aromatic heterocycles. The number of hydrogen-bond donors (Lipinski definition) is 2. The lowest BCUT2D eigenvalue weighted by molar-refractivity contribution is 0.0938.